The monoisotopic (exact) mass is 554 g/mol. The summed E-state index contributed by atoms with van der Waals surface area (Å²) >= 11 is 0. The van der Waals surface area contributed by atoms with Crippen LogP contribution < -0.4 is 5.32 Å². The lowest BCUT2D eigenvalue weighted by atomic mass is 9.76. The van der Waals surface area contributed by atoms with Crippen molar-refractivity contribution in [2.75, 3.05) is 26.2 Å². The highest BCUT2D eigenvalue weighted by molar-refractivity contribution is 6.43. The Morgan fingerprint density at radius 1 is 1.33 bits per heavy atom. The van der Waals surface area contributed by atoms with E-state index in [1.807, 2.05) is 0 Å². The van der Waals surface area contributed by atoms with E-state index in [1.165, 1.54) is 35.2 Å². The molecule has 2 aliphatic heterocycles. The number of nitrogens with zero attached hydrogens (tertiary/aromatic N) is 3. The van der Waals surface area contributed by atoms with Crippen molar-refractivity contribution in [3.63, 3.8) is 0 Å². The molecule has 0 radical (unpaired) electrons. The van der Waals surface area contributed by atoms with Crippen LogP contribution in [0, 0.1) is 17.1 Å². The van der Waals surface area contributed by atoms with Crippen molar-refractivity contribution in [1.82, 2.24) is 15.1 Å². The smallest absolute Gasteiger partial charge is 0.447 e. The topological polar surface area (TPSA) is 126 Å². The number of carbonyl (C=O) groups excluding carboxylic acids is 2. The van der Waals surface area contributed by atoms with Crippen LogP contribution in [0.25, 0.3) is 0 Å². The van der Waals surface area contributed by atoms with Gasteiger partial charge >= 0.3 is 13.2 Å². The van der Waals surface area contributed by atoms with Crippen LogP contribution in [-0.4, -0.2) is 94.8 Å². The van der Waals surface area contributed by atoms with Crippen LogP contribution in [0.3, 0.4) is 0 Å². The molecule has 2 fully saturated rings. The number of benzene rings is 1. The Morgan fingerprint density at radius 3 is 2.56 bits per heavy atom. The number of hydrogen-bond acceptors (Lipinski definition) is 7. The Kier molecular flexibility index (Phi) is 9.63. The van der Waals surface area contributed by atoms with Crippen LogP contribution in [0.1, 0.15) is 32.3 Å². The van der Waals surface area contributed by atoms with E-state index in [9.17, 15) is 42.5 Å². The van der Waals surface area contributed by atoms with E-state index in [-0.39, 0.29) is 37.9 Å². The third-order valence-electron chi connectivity index (χ3n) is 6.90. The predicted molar refractivity (Wildman–Crippen MR) is 132 cm³/mol. The summed E-state index contributed by atoms with van der Waals surface area (Å²) in [6, 6.07) is 6.05. The van der Waals surface area contributed by atoms with Crippen LogP contribution in [0.15, 0.2) is 35.9 Å². The molecule has 212 valence electrons. The molecular weight excluding hydrogens is 523 g/mol. The predicted octanol–water partition coefficient (Wildman–Crippen LogP) is 1.98. The van der Waals surface area contributed by atoms with E-state index < -0.39 is 67.7 Å². The molecule has 0 aliphatic carbocycles. The third-order valence-corrected chi connectivity index (χ3v) is 6.90. The molecule has 3 atom stereocenters. The number of nitriles is 1. The fourth-order valence-corrected chi connectivity index (χ4v) is 4.71. The van der Waals surface area contributed by atoms with Gasteiger partial charge in [-0.3, -0.25) is 9.69 Å². The van der Waals surface area contributed by atoms with Crippen molar-refractivity contribution in [2.45, 2.75) is 62.7 Å². The van der Waals surface area contributed by atoms with Gasteiger partial charge < -0.3 is 25.0 Å². The second-order valence-electron chi connectivity index (χ2n) is 10.4. The lowest BCUT2D eigenvalue weighted by molar-refractivity contribution is -0.128. The summed E-state index contributed by atoms with van der Waals surface area (Å²) in [6.45, 7) is 1.97. The van der Waals surface area contributed by atoms with Gasteiger partial charge in [-0.05, 0) is 44.0 Å². The first-order chi connectivity index (χ1) is 18.2. The molecule has 0 saturated carbocycles. The quantitative estimate of drug-likeness (QED) is 0.185. The minimum absolute atomic E-state index is 0.0529. The number of rotatable bonds is 9. The largest absolute Gasteiger partial charge is 0.475 e. The van der Waals surface area contributed by atoms with Gasteiger partial charge in [-0.2, -0.15) is 5.26 Å². The molecule has 1 aromatic rings. The summed E-state index contributed by atoms with van der Waals surface area (Å²) in [5, 5.41) is 31.2. The van der Waals surface area contributed by atoms with Crippen molar-refractivity contribution >= 4 is 19.1 Å². The van der Waals surface area contributed by atoms with Crippen molar-refractivity contribution in [1.29, 1.82) is 5.26 Å². The molecule has 2 amide bonds. The zero-order valence-corrected chi connectivity index (χ0v) is 21.6. The molecule has 0 spiro atoms. The molecule has 1 unspecified atom stereocenters. The number of alkyl halides is 3. The van der Waals surface area contributed by atoms with Gasteiger partial charge in [-0.25, -0.2) is 22.4 Å². The molecule has 3 N–H and O–H groups in total. The van der Waals surface area contributed by atoms with Gasteiger partial charge in [0, 0.05) is 24.9 Å². The van der Waals surface area contributed by atoms with Crippen LogP contribution in [0.5, 0.6) is 0 Å². The number of alkyl carbamates (subject to hydrolysis) is 1. The van der Waals surface area contributed by atoms with E-state index in [4.69, 9.17) is 4.74 Å². The van der Waals surface area contributed by atoms with Gasteiger partial charge in [-0.1, -0.05) is 12.1 Å². The normalized spacial score (nSPS) is 22.3. The van der Waals surface area contributed by atoms with Gasteiger partial charge in [0.25, 0.3) is 11.8 Å². The summed E-state index contributed by atoms with van der Waals surface area (Å²) in [7, 11) is -1.97. The van der Waals surface area contributed by atoms with E-state index in [1.54, 1.807) is 19.9 Å². The molecule has 39 heavy (non-hydrogen) atoms. The molecule has 0 bridgehead atoms. The highest BCUT2D eigenvalue weighted by Gasteiger charge is 2.44. The highest BCUT2D eigenvalue weighted by Crippen LogP contribution is 2.33. The van der Waals surface area contributed by atoms with Crippen molar-refractivity contribution in [3.05, 3.63) is 47.3 Å². The molecule has 2 aliphatic rings. The van der Waals surface area contributed by atoms with E-state index in [2.05, 4.69) is 5.32 Å². The average Bonchev–Trinajstić information content (AvgIpc) is 3.43. The van der Waals surface area contributed by atoms with Crippen LogP contribution in [0.2, 0.25) is 0 Å². The van der Waals surface area contributed by atoms with Crippen LogP contribution in [0.4, 0.5) is 22.4 Å². The van der Waals surface area contributed by atoms with Gasteiger partial charge in [-0.15, -0.1) is 0 Å². The molecule has 1 aromatic carbocycles. The van der Waals surface area contributed by atoms with Crippen LogP contribution in [-0.2, 0) is 16.0 Å². The summed E-state index contributed by atoms with van der Waals surface area (Å²) < 4.78 is 59.9. The zero-order valence-electron chi connectivity index (χ0n) is 21.6. The number of amides is 2. The first-order valence-corrected chi connectivity index (χ1v) is 12.5. The summed E-state index contributed by atoms with van der Waals surface area (Å²) in [6.07, 6.45) is -1.77. The Morgan fingerprint density at radius 2 is 2.00 bits per heavy atom. The van der Waals surface area contributed by atoms with Gasteiger partial charge in [0.15, 0.2) is 0 Å². The molecule has 9 nitrogen and oxygen atoms in total. The number of hydrogen-bond donors (Lipinski definition) is 3. The fraction of sp³-hybridized carbons (Fsp3) is 0.560. The maximum absolute atomic E-state index is 14.3. The zero-order chi connectivity index (χ0) is 29.0. The molecule has 3 rings (SSSR count). The maximum atomic E-state index is 14.3. The average molecular weight is 554 g/mol. The van der Waals surface area contributed by atoms with E-state index in [0.29, 0.717) is 5.56 Å². The molecular formula is C25H31BF4N4O5. The second kappa shape index (κ2) is 12.4. The number of ether oxygens (including phenoxy) is 1. The highest BCUT2D eigenvalue weighted by atomic mass is 19.3. The number of carbonyl (C=O) groups is 2. The van der Waals surface area contributed by atoms with Crippen molar-refractivity contribution < 1.29 is 41.9 Å². The van der Waals surface area contributed by atoms with Crippen LogP contribution >= 0.6 is 0 Å². The molecule has 14 heteroatoms. The second-order valence-corrected chi connectivity index (χ2v) is 10.4. The minimum atomic E-state index is -2.87. The molecule has 2 saturated heterocycles. The van der Waals surface area contributed by atoms with E-state index in [0.717, 1.165) is 4.90 Å². The lowest BCUT2D eigenvalue weighted by Gasteiger charge is -2.33. The standard InChI is InChI=1S/C25H31BF4N4O5/c1-24(2,33-8-7-25(29,30)15-33)11-17(12-31)22(35)34-13-19(28)10-20(34)14-39-23(36)32-21(26(37)38)9-16-3-5-18(27)6-4-16/h3-6,11,19-21,37-38H,7-10,13-15H2,1-2H3,(H,32,36)/t19-,20+,21?/m0/s1. The summed E-state index contributed by atoms with van der Waals surface area (Å²) in [5.41, 5.74) is -0.882. The number of halogens is 4. The summed E-state index contributed by atoms with van der Waals surface area (Å²) in [4.78, 5) is 28.0. The third kappa shape index (κ3) is 8.17. The minimum Gasteiger partial charge on any atom is -0.447 e. The Labute approximate surface area is 224 Å². The SMILES string of the molecule is CC(C)(C=C(C#N)C(=O)N1C[C@@H](F)C[C@@H]1COC(=O)NC(Cc1ccc(F)cc1)B(O)O)N1CCC(F)(F)C1. The molecule has 2 heterocycles. The van der Waals surface area contributed by atoms with Gasteiger partial charge in [0.05, 0.1) is 25.1 Å². The van der Waals surface area contributed by atoms with Gasteiger partial charge in [0.1, 0.15) is 30.2 Å². The number of likely N-dealkylation sites (tertiary alicyclic amines) is 2. The van der Waals surface area contributed by atoms with E-state index >= 15 is 0 Å². The molecule has 0 aromatic heterocycles. The first kappa shape index (κ1) is 30.4. The number of nitrogens with one attached hydrogen (secondary N) is 1. The van der Waals surface area contributed by atoms with Crippen molar-refractivity contribution in [2.24, 2.45) is 0 Å². The van der Waals surface area contributed by atoms with Crippen molar-refractivity contribution in [3.8, 4) is 6.07 Å². The summed E-state index contributed by atoms with van der Waals surface area (Å²) in [5.74, 6) is -5.37. The Bertz CT molecular complexity index is 1110. The fourth-order valence-electron chi connectivity index (χ4n) is 4.71. The Hall–Kier alpha value is -3.15. The lowest BCUT2D eigenvalue weighted by Crippen LogP contribution is -2.49. The maximum Gasteiger partial charge on any atom is 0.475 e. The Balaban J connectivity index is 1.63. The van der Waals surface area contributed by atoms with Gasteiger partial charge in [0.2, 0.25) is 0 Å². The first-order valence-electron chi connectivity index (χ1n) is 12.5.